The SMILES string of the molecule is COc1cc(OC2CCN(C(=O)OC(C)(C)C)CC2)c2c(Nc3c(Cl)ccc4c3OCO4)ncnc2c1. The predicted molar refractivity (Wildman–Crippen MR) is 138 cm³/mol. The molecule has 0 bridgehead atoms. The Morgan fingerprint density at radius 3 is 2.68 bits per heavy atom. The Balaban J connectivity index is 1.42. The first kappa shape index (κ1) is 25.0. The van der Waals surface area contributed by atoms with Crippen molar-refractivity contribution in [1.82, 2.24) is 14.9 Å². The molecule has 0 spiro atoms. The second-order valence-corrected chi connectivity index (χ2v) is 10.2. The maximum atomic E-state index is 12.5. The van der Waals surface area contributed by atoms with E-state index >= 15 is 0 Å². The van der Waals surface area contributed by atoms with E-state index in [-0.39, 0.29) is 19.0 Å². The second-order valence-electron chi connectivity index (χ2n) is 9.81. The van der Waals surface area contributed by atoms with Crippen molar-refractivity contribution in [1.29, 1.82) is 0 Å². The van der Waals surface area contributed by atoms with Crippen LogP contribution < -0.4 is 24.3 Å². The van der Waals surface area contributed by atoms with Crippen molar-refractivity contribution in [3.8, 4) is 23.0 Å². The number of nitrogens with one attached hydrogen (secondary N) is 1. The smallest absolute Gasteiger partial charge is 0.410 e. The van der Waals surface area contributed by atoms with Crippen LogP contribution in [0.1, 0.15) is 33.6 Å². The molecule has 1 fully saturated rings. The molecule has 0 radical (unpaired) electrons. The molecule has 2 aliphatic heterocycles. The Bertz CT molecular complexity index is 1320. The minimum Gasteiger partial charge on any atom is -0.497 e. The lowest BCUT2D eigenvalue weighted by atomic mass is 10.1. The average Bonchev–Trinajstić information content (AvgIpc) is 3.34. The lowest BCUT2D eigenvalue weighted by Crippen LogP contribution is -2.44. The normalized spacial score (nSPS) is 15.5. The minimum atomic E-state index is -0.535. The van der Waals surface area contributed by atoms with Crippen molar-refractivity contribution in [2.24, 2.45) is 0 Å². The van der Waals surface area contributed by atoms with E-state index in [4.69, 9.17) is 35.3 Å². The number of piperidine rings is 1. The van der Waals surface area contributed by atoms with E-state index in [1.54, 1.807) is 24.1 Å². The molecule has 1 N–H and O–H groups in total. The van der Waals surface area contributed by atoms with Crippen LogP contribution in [0.5, 0.6) is 23.0 Å². The summed E-state index contributed by atoms with van der Waals surface area (Å²) in [6.07, 6.45) is 2.33. The van der Waals surface area contributed by atoms with Crippen LogP contribution in [-0.4, -0.2) is 59.7 Å². The molecule has 0 atom stereocenters. The molecular formula is C26H29ClN4O6. The van der Waals surface area contributed by atoms with Crippen molar-refractivity contribution in [2.45, 2.75) is 45.3 Å². The lowest BCUT2D eigenvalue weighted by Gasteiger charge is -2.33. The van der Waals surface area contributed by atoms with Crippen LogP contribution in [0, 0.1) is 0 Å². The zero-order chi connectivity index (χ0) is 26.2. The zero-order valence-corrected chi connectivity index (χ0v) is 21.9. The van der Waals surface area contributed by atoms with Gasteiger partial charge in [0.2, 0.25) is 6.79 Å². The number of anilines is 2. The number of ether oxygens (including phenoxy) is 5. The van der Waals surface area contributed by atoms with Gasteiger partial charge in [0, 0.05) is 38.1 Å². The van der Waals surface area contributed by atoms with Gasteiger partial charge in [-0.15, -0.1) is 0 Å². The Kier molecular flexibility index (Phi) is 6.76. The van der Waals surface area contributed by atoms with Gasteiger partial charge in [-0.25, -0.2) is 14.8 Å². The number of aromatic nitrogens is 2. The number of hydrogen-bond acceptors (Lipinski definition) is 9. The largest absolute Gasteiger partial charge is 0.497 e. The molecule has 11 heteroatoms. The van der Waals surface area contributed by atoms with Crippen molar-refractivity contribution in [3.63, 3.8) is 0 Å². The van der Waals surface area contributed by atoms with Crippen LogP contribution in [0.15, 0.2) is 30.6 Å². The van der Waals surface area contributed by atoms with Gasteiger partial charge in [-0.3, -0.25) is 0 Å². The minimum absolute atomic E-state index is 0.114. The Morgan fingerprint density at radius 2 is 1.95 bits per heavy atom. The molecule has 1 aromatic heterocycles. The number of amides is 1. The highest BCUT2D eigenvalue weighted by Crippen LogP contribution is 2.46. The summed E-state index contributed by atoms with van der Waals surface area (Å²) < 4.78 is 28.6. The number of rotatable bonds is 5. The summed E-state index contributed by atoms with van der Waals surface area (Å²) in [5.74, 6) is 2.78. The molecule has 2 aliphatic rings. The molecule has 0 aliphatic carbocycles. The number of nitrogens with zero attached hydrogens (tertiary/aromatic N) is 3. The monoisotopic (exact) mass is 528 g/mol. The summed E-state index contributed by atoms with van der Waals surface area (Å²) in [6, 6.07) is 7.13. The summed E-state index contributed by atoms with van der Waals surface area (Å²) >= 11 is 6.50. The molecule has 2 aromatic carbocycles. The molecule has 0 unspecified atom stereocenters. The summed E-state index contributed by atoms with van der Waals surface area (Å²) in [5.41, 5.74) is 0.648. The molecule has 3 aromatic rings. The van der Waals surface area contributed by atoms with Gasteiger partial charge in [0.1, 0.15) is 41.0 Å². The fraction of sp³-hybridized carbons (Fsp3) is 0.423. The number of halogens is 1. The first-order chi connectivity index (χ1) is 17.7. The lowest BCUT2D eigenvalue weighted by molar-refractivity contribution is 0.0128. The third kappa shape index (κ3) is 5.39. The third-order valence-electron chi connectivity index (χ3n) is 6.03. The van der Waals surface area contributed by atoms with Crippen LogP contribution in [-0.2, 0) is 4.74 Å². The highest BCUT2D eigenvalue weighted by Gasteiger charge is 2.29. The highest BCUT2D eigenvalue weighted by molar-refractivity contribution is 6.34. The van der Waals surface area contributed by atoms with Gasteiger partial charge < -0.3 is 33.9 Å². The predicted octanol–water partition coefficient (Wildman–Crippen LogP) is 5.54. The van der Waals surface area contributed by atoms with Gasteiger partial charge in [0.25, 0.3) is 0 Å². The van der Waals surface area contributed by atoms with Crippen molar-refractivity contribution < 1.29 is 28.5 Å². The molecule has 196 valence electrons. The highest BCUT2D eigenvalue weighted by atomic mass is 35.5. The van der Waals surface area contributed by atoms with Gasteiger partial charge in [-0.1, -0.05) is 11.6 Å². The number of carbonyl (C=O) groups excluding carboxylic acids is 1. The molecule has 0 saturated carbocycles. The van der Waals surface area contributed by atoms with E-state index in [0.29, 0.717) is 76.4 Å². The molecular weight excluding hydrogens is 500 g/mol. The fourth-order valence-electron chi connectivity index (χ4n) is 4.28. The molecule has 1 amide bonds. The van der Waals surface area contributed by atoms with Gasteiger partial charge in [0.15, 0.2) is 11.5 Å². The average molecular weight is 529 g/mol. The zero-order valence-electron chi connectivity index (χ0n) is 21.2. The van der Waals surface area contributed by atoms with Gasteiger partial charge in [-0.2, -0.15) is 0 Å². The van der Waals surface area contributed by atoms with E-state index in [2.05, 4.69) is 15.3 Å². The van der Waals surface area contributed by atoms with E-state index < -0.39 is 5.60 Å². The van der Waals surface area contributed by atoms with Crippen LogP contribution in [0.25, 0.3) is 10.9 Å². The van der Waals surface area contributed by atoms with Gasteiger partial charge in [-0.05, 0) is 32.9 Å². The van der Waals surface area contributed by atoms with E-state index in [9.17, 15) is 4.79 Å². The van der Waals surface area contributed by atoms with Crippen LogP contribution in [0.2, 0.25) is 5.02 Å². The van der Waals surface area contributed by atoms with E-state index in [1.807, 2.05) is 32.9 Å². The molecule has 10 nitrogen and oxygen atoms in total. The quantitative estimate of drug-likeness (QED) is 0.456. The summed E-state index contributed by atoms with van der Waals surface area (Å²) in [6.45, 7) is 6.76. The summed E-state index contributed by atoms with van der Waals surface area (Å²) in [4.78, 5) is 23.1. The number of carbonyl (C=O) groups is 1. The number of benzene rings is 2. The molecule has 5 rings (SSSR count). The Morgan fingerprint density at radius 1 is 1.16 bits per heavy atom. The first-order valence-electron chi connectivity index (χ1n) is 12.0. The van der Waals surface area contributed by atoms with Crippen LogP contribution in [0.3, 0.4) is 0 Å². The van der Waals surface area contributed by atoms with E-state index in [0.717, 1.165) is 0 Å². The Hall–Kier alpha value is -3.66. The topological polar surface area (TPSA) is 104 Å². The number of methoxy groups -OCH3 is 1. The Labute approximate surface area is 219 Å². The van der Waals surface area contributed by atoms with Crippen LogP contribution in [0.4, 0.5) is 16.3 Å². The van der Waals surface area contributed by atoms with E-state index in [1.165, 1.54) is 6.33 Å². The molecule has 37 heavy (non-hydrogen) atoms. The van der Waals surface area contributed by atoms with Crippen LogP contribution >= 0.6 is 11.6 Å². The van der Waals surface area contributed by atoms with Gasteiger partial charge >= 0.3 is 6.09 Å². The maximum absolute atomic E-state index is 12.5. The van der Waals surface area contributed by atoms with Crippen molar-refractivity contribution in [3.05, 3.63) is 35.6 Å². The molecule has 1 saturated heterocycles. The number of hydrogen-bond donors (Lipinski definition) is 1. The van der Waals surface area contributed by atoms with Crippen molar-refractivity contribution >= 4 is 40.1 Å². The first-order valence-corrected chi connectivity index (χ1v) is 12.4. The number of likely N-dealkylation sites (tertiary alicyclic amines) is 1. The van der Waals surface area contributed by atoms with Crippen molar-refractivity contribution in [2.75, 3.05) is 32.3 Å². The summed E-state index contributed by atoms with van der Waals surface area (Å²) in [5, 5.41) is 4.43. The summed E-state index contributed by atoms with van der Waals surface area (Å²) in [7, 11) is 1.59. The van der Waals surface area contributed by atoms with Gasteiger partial charge in [0.05, 0.1) is 23.0 Å². The molecule has 3 heterocycles. The maximum Gasteiger partial charge on any atom is 0.410 e. The standard InChI is InChI=1S/C26H29ClN4O6/c1-26(2,3)37-25(32)31-9-7-15(8-10-31)36-20-12-16(33-4)11-18-21(20)24(29-13-28-18)30-22-17(27)5-6-19-23(22)35-14-34-19/h5-6,11-13,15H,7-10,14H2,1-4H3,(H,28,29,30). The third-order valence-corrected chi connectivity index (χ3v) is 6.35. The number of fused-ring (bicyclic) bond motifs is 2. The second kappa shape index (κ2) is 10.0. The fourth-order valence-corrected chi connectivity index (χ4v) is 4.48.